The molecule has 15 atom stereocenters. The summed E-state index contributed by atoms with van der Waals surface area (Å²) in [5.74, 6) is -0.501. The molecule has 232 valence electrons. The Balaban J connectivity index is 1.59. The molecule has 0 radical (unpaired) electrons. The van der Waals surface area contributed by atoms with Crippen molar-refractivity contribution in [3.63, 3.8) is 0 Å². The molecule has 1 amide bonds. The van der Waals surface area contributed by atoms with Crippen molar-refractivity contribution in [3.05, 3.63) is 35.9 Å². The first-order valence-electron chi connectivity index (χ1n) is 13.3. The molecule has 0 bridgehead atoms. The van der Waals surface area contributed by atoms with Crippen LogP contribution < -0.4 is 22.5 Å². The average Bonchev–Trinajstić information content (AvgIpc) is 3.22. The minimum atomic E-state index is -2.20. The van der Waals surface area contributed by atoms with Crippen molar-refractivity contribution >= 4 is 5.91 Å². The van der Waals surface area contributed by atoms with Gasteiger partial charge in [-0.2, -0.15) is 0 Å². The lowest BCUT2D eigenvalue weighted by molar-refractivity contribution is -0.329. The number of rotatable bonds is 8. The molecule has 16 heteroatoms. The third-order valence-corrected chi connectivity index (χ3v) is 7.71. The molecule has 8 unspecified atom stereocenters. The molecule has 1 aliphatic carbocycles. The number of benzene rings is 1. The van der Waals surface area contributed by atoms with Crippen molar-refractivity contribution in [1.82, 2.24) is 5.32 Å². The summed E-state index contributed by atoms with van der Waals surface area (Å²) in [5, 5.41) is 74.8. The van der Waals surface area contributed by atoms with Crippen LogP contribution in [0.25, 0.3) is 0 Å². The number of aliphatic hydroxyl groups is 7. The van der Waals surface area contributed by atoms with Gasteiger partial charge >= 0.3 is 0 Å². The molecule has 0 aromatic heterocycles. The van der Waals surface area contributed by atoms with Crippen LogP contribution in [0.5, 0.6) is 0 Å². The second-order valence-electron chi connectivity index (χ2n) is 10.8. The lowest BCUT2D eigenvalue weighted by Crippen LogP contribution is -2.69. The fourth-order valence-electron chi connectivity index (χ4n) is 5.36. The summed E-state index contributed by atoms with van der Waals surface area (Å²) in [6.45, 7) is 1.56. The van der Waals surface area contributed by atoms with Gasteiger partial charge in [0.25, 0.3) is 5.91 Å². The Kier molecular flexibility index (Phi) is 10.3. The summed E-state index contributed by atoms with van der Waals surface area (Å²) in [4.78, 5) is 12.9. The van der Waals surface area contributed by atoms with Gasteiger partial charge in [-0.25, -0.2) is 0 Å². The number of amides is 1. The van der Waals surface area contributed by atoms with E-state index in [1.807, 2.05) is 0 Å². The smallest absolute Gasteiger partial charge is 0.251 e. The van der Waals surface area contributed by atoms with Crippen LogP contribution in [-0.4, -0.2) is 140 Å². The van der Waals surface area contributed by atoms with Crippen LogP contribution in [0.2, 0.25) is 0 Å². The Morgan fingerprint density at radius 1 is 0.878 bits per heavy atom. The third-order valence-electron chi connectivity index (χ3n) is 7.71. The van der Waals surface area contributed by atoms with Crippen LogP contribution in [0.3, 0.4) is 0 Å². The maximum atomic E-state index is 12.9. The molecule has 41 heavy (non-hydrogen) atoms. The first-order valence-corrected chi connectivity index (χ1v) is 13.3. The van der Waals surface area contributed by atoms with Crippen molar-refractivity contribution in [2.24, 2.45) is 17.2 Å². The first-order chi connectivity index (χ1) is 19.3. The molecule has 14 N–H and O–H groups in total. The number of hydrogen-bond donors (Lipinski definition) is 11. The van der Waals surface area contributed by atoms with E-state index in [0.717, 1.165) is 0 Å². The second kappa shape index (κ2) is 13.2. The fourth-order valence-corrected chi connectivity index (χ4v) is 5.36. The van der Waals surface area contributed by atoms with Crippen LogP contribution >= 0.6 is 0 Å². The molecule has 3 aliphatic rings. The van der Waals surface area contributed by atoms with Crippen LogP contribution in [-0.2, 0) is 18.9 Å². The van der Waals surface area contributed by atoms with Gasteiger partial charge in [0.1, 0.15) is 54.9 Å². The molecule has 2 saturated heterocycles. The van der Waals surface area contributed by atoms with E-state index in [9.17, 15) is 40.5 Å². The maximum absolute atomic E-state index is 12.9. The van der Waals surface area contributed by atoms with Crippen molar-refractivity contribution < 1.29 is 59.5 Å². The van der Waals surface area contributed by atoms with E-state index in [2.05, 4.69) is 5.32 Å². The molecule has 2 heterocycles. The predicted octanol–water partition coefficient (Wildman–Crippen LogP) is -5.47. The number of carbonyl (C=O) groups excluding carboxylic acids is 1. The summed E-state index contributed by atoms with van der Waals surface area (Å²) in [7, 11) is 0. The SMILES string of the molecule is C[C@H](N)[C@H]1O[C@@H](OC2C(O)[C@H](NC(=O)c3ccccc3)CC(N)[C@H]2O[C@H]2OC(C(O)O)[C@@H](O)C(O)C2N)C(O)C1O. The van der Waals surface area contributed by atoms with Gasteiger partial charge < -0.3 is 77.2 Å². The van der Waals surface area contributed by atoms with Crippen molar-refractivity contribution in [2.45, 2.75) is 111 Å². The molecular formula is C25H40N4O12. The molecule has 4 rings (SSSR count). The van der Waals surface area contributed by atoms with Gasteiger partial charge in [0.2, 0.25) is 0 Å². The van der Waals surface area contributed by atoms with Crippen LogP contribution in [0, 0.1) is 0 Å². The van der Waals surface area contributed by atoms with Crippen LogP contribution in [0.1, 0.15) is 23.7 Å². The number of carbonyl (C=O) groups is 1. The van der Waals surface area contributed by atoms with E-state index in [1.54, 1.807) is 37.3 Å². The minimum Gasteiger partial charge on any atom is -0.388 e. The zero-order valence-electron chi connectivity index (χ0n) is 22.2. The molecule has 3 fully saturated rings. The highest BCUT2D eigenvalue weighted by atomic mass is 16.7. The zero-order chi connectivity index (χ0) is 30.2. The molecule has 1 saturated carbocycles. The predicted molar refractivity (Wildman–Crippen MR) is 137 cm³/mol. The Hall–Kier alpha value is -1.87. The topological polar surface area (TPSA) is 286 Å². The number of ether oxygens (including phenoxy) is 4. The number of hydrogen-bond acceptors (Lipinski definition) is 15. The fraction of sp³-hybridized carbons (Fsp3) is 0.720. The quantitative estimate of drug-likeness (QED) is 0.126. The molecule has 16 nitrogen and oxygen atoms in total. The summed E-state index contributed by atoms with van der Waals surface area (Å²) >= 11 is 0. The summed E-state index contributed by atoms with van der Waals surface area (Å²) in [6, 6.07) is 4.18. The average molecular weight is 589 g/mol. The van der Waals surface area contributed by atoms with Gasteiger partial charge in [-0.3, -0.25) is 4.79 Å². The van der Waals surface area contributed by atoms with Crippen molar-refractivity contribution in [3.8, 4) is 0 Å². The second-order valence-corrected chi connectivity index (χ2v) is 10.8. The normalized spacial score (nSPS) is 44.1. The zero-order valence-corrected chi connectivity index (χ0v) is 22.2. The third kappa shape index (κ3) is 6.71. The lowest BCUT2D eigenvalue weighted by Gasteiger charge is -2.48. The van der Waals surface area contributed by atoms with Gasteiger partial charge in [-0.1, -0.05) is 18.2 Å². The van der Waals surface area contributed by atoms with E-state index in [-0.39, 0.29) is 6.42 Å². The highest BCUT2D eigenvalue weighted by Gasteiger charge is 2.53. The summed E-state index contributed by atoms with van der Waals surface area (Å²) in [5.41, 5.74) is 18.6. The van der Waals surface area contributed by atoms with Gasteiger partial charge in [0.15, 0.2) is 18.9 Å². The number of aliphatic hydroxyl groups excluding tert-OH is 6. The summed E-state index contributed by atoms with van der Waals surface area (Å²) < 4.78 is 22.9. The standard InChI is InChI=1S/C25H40N4O12/c1-8(26)18-16(33)17(34)25(38-18)40-20-13(30)11(29-22(35)9-5-3-2-4-6-9)7-10(27)19(20)39-24-12(28)14(31)15(32)21(41-24)23(36)37/h2-6,8,10-21,23-25,30-34,36-37H,7,26-28H2,1H3,(H,29,35)/t8-,10?,11+,12?,13?,14?,15-,16?,17?,18+,19+,20?,21?,24-,25-/m0/s1. The molecule has 1 aromatic rings. The molecule has 1 aromatic carbocycles. The van der Waals surface area contributed by atoms with Gasteiger partial charge in [0.05, 0.1) is 12.1 Å². The van der Waals surface area contributed by atoms with Gasteiger partial charge in [-0.15, -0.1) is 0 Å². The van der Waals surface area contributed by atoms with Gasteiger partial charge in [-0.05, 0) is 25.5 Å². The van der Waals surface area contributed by atoms with E-state index in [0.29, 0.717) is 5.56 Å². The Labute approximate surface area is 235 Å². The Morgan fingerprint density at radius 3 is 2.05 bits per heavy atom. The monoisotopic (exact) mass is 588 g/mol. The van der Waals surface area contributed by atoms with E-state index in [1.165, 1.54) is 0 Å². The van der Waals surface area contributed by atoms with E-state index in [4.69, 9.17) is 36.1 Å². The number of nitrogens with two attached hydrogens (primary N) is 3. The summed E-state index contributed by atoms with van der Waals surface area (Å²) in [6.07, 6.45) is -18.7. The van der Waals surface area contributed by atoms with Crippen molar-refractivity contribution in [2.75, 3.05) is 0 Å². The largest absolute Gasteiger partial charge is 0.388 e. The van der Waals surface area contributed by atoms with E-state index < -0.39 is 104 Å². The lowest BCUT2D eigenvalue weighted by atomic mass is 9.83. The molecule has 0 spiro atoms. The highest BCUT2D eigenvalue weighted by molar-refractivity contribution is 5.94. The highest BCUT2D eigenvalue weighted by Crippen LogP contribution is 2.33. The molecule has 2 aliphatic heterocycles. The van der Waals surface area contributed by atoms with Gasteiger partial charge in [0, 0.05) is 17.6 Å². The minimum absolute atomic E-state index is 0.0391. The van der Waals surface area contributed by atoms with Crippen LogP contribution in [0.15, 0.2) is 30.3 Å². The van der Waals surface area contributed by atoms with Crippen LogP contribution in [0.4, 0.5) is 0 Å². The Morgan fingerprint density at radius 2 is 1.46 bits per heavy atom. The Bertz CT molecular complexity index is 1010. The van der Waals surface area contributed by atoms with Crippen molar-refractivity contribution in [1.29, 1.82) is 0 Å². The maximum Gasteiger partial charge on any atom is 0.251 e. The van der Waals surface area contributed by atoms with E-state index >= 15 is 0 Å². The number of nitrogens with one attached hydrogen (secondary N) is 1. The molecular weight excluding hydrogens is 548 g/mol. The first kappa shape index (κ1) is 32.1.